The van der Waals surface area contributed by atoms with E-state index in [0.717, 1.165) is 40.4 Å². The summed E-state index contributed by atoms with van der Waals surface area (Å²) in [6.07, 6.45) is 2.30. The first-order chi connectivity index (χ1) is 12.5. The maximum Gasteiger partial charge on any atom is 0.352 e. The lowest BCUT2D eigenvalue weighted by Gasteiger charge is -2.10. The predicted molar refractivity (Wildman–Crippen MR) is 99.0 cm³/mol. The zero-order valence-electron chi connectivity index (χ0n) is 14.6. The standard InChI is InChI=1S/C21H21FN2O2/c1-13-2-9-17-18(11-23-16-7-8-16)20(21(25)26)24(19(17)10-13)12-14-3-5-15(22)6-4-14/h2-6,9-10,16,23H,7-8,11-12H2,1H3,(H,25,26). The Morgan fingerprint density at radius 2 is 1.96 bits per heavy atom. The van der Waals surface area contributed by atoms with E-state index in [4.69, 9.17) is 0 Å². The fourth-order valence-electron chi connectivity index (χ4n) is 3.43. The second-order valence-electron chi connectivity index (χ2n) is 7.02. The first kappa shape index (κ1) is 16.8. The van der Waals surface area contributed by atoms with Crippen LogP contribution in [0.2, 0.25) is 0 Å². The topological polar surface area (TPSA) is 54.3 Å². The highest BCUT2D eigenvalue weighted by molar-refractivity contribution is 5.98. The summed E-state index contributed by atoms with van der Waals surface area (Å²) in [6.45, 7) is 2.94. The van der Waals surface area contributed by atoms with E-state index >= 15 is 0 Å². The van der Waals surface area contributed by atoms with Crippen LogP contribution < -0.4 is 5.32 Å². The number of carboxylic acids is 1. The minimum absolute atomic E-state index is 0.297. The molecule has 1 fully saturated rings. The number of aryl methyl sites for hydroxylation is 1. The van der Waals surface area contributed by atoms with Crippen LogP contribution in [0, 0.1) is 12.7 Å². The van der Waals surface area contributed by atoms with Crippen molar-refractivity contribution < 1.29 is 14.3 Å². The average Bonchev–Trinajstić information content (AvgIpc) is 3.38. The minimum Gasteiger partial charge on any atom is -0.477 e. The lowest BCUT2D eigenvalue weighted by molar-refractivity contribution is 0.0684. The summed E-state index contributed by atoms with van der Waals surface area (Å²) in [4.78, 5) is 12.1. The van der Waals surface area contributed by atoms with E-state index in [9.17, 15) is 14.3 Å². The van der Waals surface area contributed by atoms with E-state index in [0.29, 0.717) is 24.8 Å². The Kier molecular flexibility index (Phi) is 4.24. The fourth-order valence-corrected chi connectivity index (χ4v) is 3.43. The molecule has 3 aromatic rings. The van der Waals surface area contributed by atoms with Crippen molar-refractivity contribution in [2.24, 2.45) is 0 Å². The molecular weight excluding hydrogens is 331 g/mol. The molecule has 0 aliphatic heterocycles. The predicted octanol–water partition coefficient (Wildman–Crippen LogP) is 4.09. The van der Waals surface area contributed by atoms with E-state index in [1.54, 1.807) is 12.1 Å². The van der Waals surface area contributed by atoms with E-state index in [1.807, 2.05) is 29.7 Å². The maximum absolute atomic E-state index is 13.2. The van der Waals surface area contributed by atoms with Crippen molar-refractivity contribution in [1.82, 2.24) is 9.88 Å². The van der Waals surface area contributed by atoms with E-state index in [2.05, 4.69) is 5.32 Å². The van der Waals surface area contributed by atoms with Crippen LogP contribution in [0.5, 0.6) is 0 Å². The molecule has 0 spiro atoms. The highest BCUT2D eigenvalue weighted by Crippen LogP contribution is 2.30. The van der Waals surface area contributed by atoms with Crippen molar-refractivity contribution in [1.29, 1.82) is 0 Å². The van der Waals surface area contributed by atoms with E-state index in [1.165, 1.54) is 12.1 Å². The molecule has 0 unspecified atom stereocenters. The smallest absolute Gasteiger partial charge is 0.352 e. The number of rotatable bonds is 6. The lowest BCUT2D eigenvalue weighted by Crippen LogP contribution is -2.18. The van der Waals surface area contributed by atoms with Crippen molar-refractivity contribution in [3.8, 4) is 0 Å². The van der Waals surface area contributed by atoms with Crippen LogP contribution in [0.15, 0.2) is 42.5 Å². The molecule has 0 saturated heterocycles. The highest BCUT2D eigenvalue weighted by atomic mass is 19.1. The van der Waals surface area contributed by atoms with Gasteiger partial charge in [-0.3, -0.25) is 0 Å². The van der Waals surface area contributed by atoms with Crippen LogP contribution in [-0.2, 0) is 13.1 Å². The molecule has 26 heavy (non-hydrogen) atoms. The van der Waals surface area contributed by atoms with Gasteiger partial charge in [-0.1, -0.05) is 24.3 Å². The normalized spacial score (nSPS) is 14.1. The summed E-state index contributed by atoms with van der Waals surface area (Å²) in [5.41, 5.74) is 3.98. The lowest BCUT2D eigenvalue weighted by atomic mass is 10.1. The van der Waals surface area contributed by atoms with E-state index in [-0.39, 0.29) is 5.82 Å². The van der Waals surface area contributed by atoms with Gasteiger partial charge in [0.1, 0.15) is 11.5 Å². The summed E-state index contributed by atoms with van der Waals surface area (Å²) in [6, 6.07) is 12.7. The molecule has 134 valence electrons. The highest BCUT2D eigenvalue weighted by Gasteiger charge is 2.25. The second kappa shape index (κ2) is 6.57. The molecule has 0 radical (unpaired) electrons. The van der Waals surface area contributed by atoms with Crippen molar-refractivity contribution >= 4 is 16.9 Å². The quantitative estimate of drug-likeness (QED) is 0.703. The number of nitrogens with zero attached hydrogens (tertiary/aromatic N) is 1. The molecule has 0 amide bonds. The van der Waals surface area contributed by atoms with Crippen LogP contribution in [0.1, 0.15) is 40.0 Å². The van der Waals surface area contributed by atoms with Crippen molar-refractivity contribution in [2.45, 2.75) is 38.9 Å². The van der Waals surface area contributed by atoms with Gasteiger partial charge in [0.15, 0.2) is 0 Å². The summed E-state index contributed by atoms with van der Waals surface area (Å²) in [5.74, 6) is -1.23. The average molecular weight is 352 g/mol. The number of hydrogen-bond donors (Lipinski definition) is 2. The number of fused-ring (bicyclic) bond motifs is 1. The zero-order chi connectivity index (χ0) is 18.3. The van der Waals surface area contributed by atoms with Crippen molar-refractivity contribution in [2.75, 3.05) is 0 Å². The molecule has 4 nitrogen and oxygen atoms in total. The number of hydrogen-bond acceptors (Lipinski definition) is 2. The number of aromatic carboxylic acids is 1. The zero-order valence-corrected chi connectivity index (χ0v) is 14.6. The maximum atomic E-state index is 13.2. The molecule has 1 saturated carbocycles. The van der Waals surface area contributed by atoms with Gasteiger partial charge in [0.25, 0.3) is 0 Å². The number of nitrogens with one attached hydrogen (secondary N) is 1. The number of halogens is 1. The SMILES string of the molecule is Cc1ccc2c(CNC3CC3)c(C(=O)O)n(Cc3ccc(F)cc3)c2c1. The molecule has 4 rings (SSSR count). The van der Waals surface area contributed by atoms with Gasteiger partial charge < -0.3 is 15.0 Å². The third-order valence-corrected chi connectivity index (χ3v) is 4.93. The summed E-state index contributed by atoms with van der Waals surface area (Å²) < 4.78 is 15.1. The van der Waals surface area contributed by atoms with Crippen molar-refractivity contribution in [3.63, 3.8) is 0 Å². The van der Waals surface area contributed by atoms with Gasteiger partial charge in [0.05, 0.1) is 0 Å². The Hall–Kier alpha value is -2.66. The van der Waals surface area contributed by atoms with Crippen LogP contribution in [0.25, 0.3) is 10.9 Å². The van der Waals surface area contributed by atoms with Crippen LogP contribution in [0.4, 0.5) is 4.39 Å². The molecule has 0 bridgehead atoms. The van der Waals surface area contributed by atoms with Gasteiger partial charge >= 0.3 is 5.97 Å². The summed E-state index contributed by atoms with van der Waals surface area (Å²) in [7, 11) is 0. The van der Waals surface area contributed by atoms with Crippen LogP contribution in [-0.4, -0.2) is 21.7 Å². The minimum atomic E-state index is -0.937. The van der Waals surface area contributed by atoms with Gasteiger partial charge in [-0.2, -0.15) is 0 Å². The fraction of sp³-hybridized carbons (Fsp3) is 0.286. The van der Waals surface area contributed by atoms with Gasteiger partial charge in [-0.05, 0) is 49.1 Å². The Morgan fingerprint density at radius 1 is 1.23 bits per heavy atom. The molecule has 1 aliphatic carbocycles. The van der Waals surface area contributed by atoms with Crippen LogP contribution in [0.3, 0.4) is 0 Å². The molecular formula is C21H21FN2O2. The Bertz CT molecular complexity index is 972. The summed E-state index contributed by atoms with van der Waals surface area (Å²) >= 11 is 0. The Labute approximate surface area is 151 Å². The molecule has 1 heterocycles. The monoisotopic (exact) mass is 352 g/mol. The van der Waals surface area contributed by atoms with Crippen LogP contribution >= 0.6 is 0 Å². The van der Waals surface area contributed by atoms with Crippen molar-refractivity contribution in [3.05, 3.63) is 70.7 Å². The Balaban J connectivity index is 1.84. The molecule has 0 atom stereocenters. The number of benzene rings is 2. The van der Waals surface area contributed by atoms with Gasteiger partial charge in [-0.25, -0.2) is 9.18 Å². The molecule has 2 N–H and O–H groups in total. The van der Waals surface area contributed by atoms with E-state index < -0.39 is 5.97 Å². The molecule has 2 aromatic carbocycles. The molecule has 5 heteroatoms. The molecule has 1 aromatic heterocycles. The first-order valence-corrected chi connectivity index (χ1v) is 8.86. The number of carboxylic acid groups (broad SMARTS) is 1. The largest absolute Gasteiger partial charge is 0.477 e. The first-order valence-electron chi connectivity index (χ1n) is 8.86. The summed E-state index contributed by atoms with van der Waals surface area (Å²) in [5, 5.41) is 14.3. The Morgan fingerprint density at radius 3 is 2.62 bits per heavy atom. The third kappa shape index (κ3) is 3.22. The molecule has 1 aliphatic rings. The van der Waals surface area contributed by atoms with Gasteiger partial charge in [0.2, 0.25) is 0 Å². The number of carbonyl (C=O) groups is 1. The third-order valence-electron chi connectivity index (χ3n) is 4.93. The van der Waals surface area contributed by atoms with Gasteiger partial charge in [-0.15, -0.1) is 0 Å². The number of aromatic nitrogens is 1. The second-order valence-corrected chi connectivity index (χ2v) is 7.02. The van der Waals surface area contributed by atoms with Gasteiger partial charge in [0, 0.05) is 35.6 Å².